The van der Waals surface area contributed by atoms with Gasteiger partial charge in [0.25, 0.3) is 5.91 Å². The topological polar surface area (TPSA) is 36.4 Å². The lowest BCUT2D eigenvalue weighted by atomic mass is 10.0. The molecule has 2 aliphatic heterocycles. The number of pyridine rings is 1. The summed E-state index contributed by atoms with van der Waals surface area (Å²) >= 11 is 0. The van der Waals surface area contributed by atoms with Gasteiger partial charge in [-0.25, -0.2) is 0 Å². The van der Waals surface area contributed by atoms with Gasteiger partial charge < -0.3 is 4.90 Å². The normalized spacial score (nSPS) is 22.6. The molecular formula is C19H23N3O. The van der Waals surface area contributed by atoms with E-state index in [1.54, 1.807) is 6.20 Å². The number of carbonyl (C=O) groups is 1. The van der Waals surface area contributed by atoms with Gasteiger partial charge >= 0.3 is 0 Å². The number of likely N-dealkylation sites (tertiary alicyclic amines) is 2. The summed E-state index contributed by atoms with van der Waals surface area (Å²) in [5.74, 6) is 0.0886. The molecule has 1 aromatic carbocycles. The highest BCUT2D eigenvalue weighted by atomic mass is 16.2. The fourth-order valence-electron chi connectivity index (χ4n) is 3.98. The van der Waals surface area contributed by atoms with Crippen LogP contribution in [-0.2, 0) is 0 Å². The molecule has 0 unspecified atom stereocenters. The van der Waals surface area contributed by atoms with Crippen molar-refractivity contribution >= 4 is 16.7 Å². The van der Waals surface area contributed by atoms with Crippen molar-refractivity contribution in [1.29, 1.82) is 0 Å². The third kappa shape index (κ3) is 2.83. The van der Waals surface area contributed by atoms with E-state index in [4.69, 9.17) is 0 Å². The average Bonchev–Trinajstić information content (AvgIpc) is 3.15. The minimum atomic E-state index is 0.0886. The van der Waals surface area contributed by atoms with E-state index in [1.165, 1.54) is 32.4 Å². The first-order valence-corrected chi connectivity index (χ1v) is 8.70. The van der Waals surface area contributed by atoms with Crippen LogP contribution in [0.25, 0.3) is 10.8 Å². The van der Waals surface area contributed by atoms with Gasteiger partial charge in [-0.15, -0.1) is 0 Å². The first kappa shape index (κ1) is 14.6. The Balaban J connectivity index is 1.57. The molecule has 120 valence electrons. The largest absolute Gasteiger partial charge is 0.336 e. The highest BCUT2D eigenvalue weighted by Gasteiger charge is 2.30. The summed E-state index contributed by atoms with van der Waals surface area (Å²) < 4.78 is 0. The Bertz CT molecular complexity index is 703. The fourth-order valence-corrected chi connectivity index (χ4v) is 3.98. The highest BCUT2D eigenvalue weighted by molar-refractivity contribution is 6.05. The molecule has 0 bridgehead atoms. The van der Waals surface area contributed by atoms with Crippen LogP contribution in [0.15, 0.2) is 36.5 Å². The van der Waals surface area contributed by atoms with E-state index in [0.717, 1.165) is 30.3 Å². The van der Waals surface area contributed by atoms with E-state index < -0.39 is 0 Å². The summed E-state index contributed by atoms with van der Waals surface area (Å²) in [5, 5.41) is 2.04. The standard InChI is InChI=1S/C19H23N3O/c23-19(18-17-8-2-1-6-15(17)9-10-20-18)22-13-5-7-16(14-22)21-11-3-4-12-21/h1-2,6,8-10,16H,3-5,7,11-14H2/t16-/m1/s1. The third-order valence-electron chi connectivity index (χ3n) is 5.22. The molecule has 3 heterocycles. The molecule has 2 aliphatic rings. The maximum Gasteiger partial charge on any atom is 0.273 e. The summed E-state index contributed by atoms with van der Waals surface area (Å²) in [7, 11) is 0. The molecule has 4 rings (SSSR count). The number of carbonyl (C=O) groups excluding carboxylic acids is 1. The quantitative estimate of drug-likeness (QED) is 0.856. The lowest BCUT2D eigenvalue weighted by Crippen LogP contribution is -2.49. The van der Waals surface area contributed by atoms with Crippen molar-refractivity contribution in [3.63, 3.8) is 0 Å². The van der Waals surface area contributed by atoms with Gasteiger partial charge in [0, 0.05) is 30.7 Å². The van der Waals surface area contributed by atoms with Crippen LogP contribution in [0.3, 0.4) is 0 Å². The molecule has 2 fully saturated rings. The highest BCUT2D eigenvalue weighted by Crippen LogP contribution is 2.23. The van der Waals surface area contributed by atoms with Crippen molar-refractivity contribution in [3.8, 4) is 0 Å². The van der Waals surface area contributed by atoms with Crippen molar-refractivity contribution < 1.29 is 4.79 Å². The third-order valence-corrected chi connectivity index (χ3v) is 5.22. The van der Waals surface area contributed by atoms with Crippen molar-refractivity contribution in [2.24, 2.45) is 0 Å². The number of amides is 1. The van der Waals surface area contributed by atoms with E-state index >= 15 is 0 Å². The van der Waals surface area contributed by atoms with Gasteiger partial charge in [0.15, 0.2) is 0 Å². The predicted molar refractivity (Wildman–Crippen MR) is 91.5 cm³/mol. The average molecular weight is 309 g/mol. The van der Waals surface area contributed by atoms with Crippen molar-refractivity contribution in [2.45, 2.75) is 31.7 Å². The number of rotatable bonds is 2. The Morgan fingerprint density at radius 3 is 2.74 bits per heavy atom. The maximum absolute atomic E-state index is 13.0. The van der Waals surface area contributed by atoms with Gasteiger partial charge in [0.1, 0.15) is 5.69 Å². The van der Waals surface area contributed by atoms with Gasteiger partial charge in [-0.1, -0.05) is 24.3 Å². The van der Waals surface area contributed by atoms with Crippen LogP contribution >= 0.6 is 0 Å². The molecule has 0 saturated carbocycles. The molecule has 0 N–H and O–H groups in total. The predicted octanol–water partition coefficient (Wildman–Crippen LogP) is 2.94. The molecule has 1 atom stereocenters. The van der Waals surface area contributed by atoms with Crippen LogP contribution in [-0.4, -0.2) is 52.9 Å². The SMILES string of the molecule is O=C(c1nccc2ccccc12)N1CCC[C@@H](N2CCCC2)C1. The molecule has 0 aliphatic carbocycles. The van der Waals surface area contributed by atoms with E-state index in [-0.39, 0.29) is 5.91 Å². The van der Waals surface area contributed by atoms with Crippen LogP contribution in [0, 0.1) is 0 Å². The van der Waals surface area contributed by atoms with Gasteiger partial charge in [-0.2, -0.15) is 0 Å². The van der Waals surface area contributed by atoms with Gasteiger partial charge in [0.05, 0.1) is 0 Å². The molecule has 1 aromatic heterocycles. The number of aromatic nitrogens is 1. The van der Waals surface area contributed by atoms with Crippen molar-refractivity contribution in [1.82, 2.24) is 14.8 Å². The first-order chi connectivity index (χ1) is 11.3. The second-order valence-corrected chi connectivity index (χ2v) is 6.67. The maximum atomic E-state index is 13.0. The van der Waals surface area contributed by atoms with Crippen LogP contribution < -0.4 is 0 Å². The number of hydrogen-bond acceptors (Lipinski definition) is 3. The number of nitrogens with zero attached hydrogens (tertiary/aromatic N) is 3. The summed E-state index contributed by atoms with van der Waals surface area (Å²) in [5.41, 5.74) is 0.602. The van der Waals surface area contributed by atoms with Gasteiger partial charge in [-0.3, -0.25) is 14.7 Å². The van der Waals surface area contributed by atoms with E-state index in [1.807, 2.05) is 35.2 Å². The smallest absolute Gasteiger partial charge is 0.273 e. The van der Waals surface area contributed by atoms with Crippen molar-refractivity contribution in [2.75, 3.05) is 26.2 Å². The second-order valence-electron chi connectivity index (χ2n) is 6.67. The lowest BCUT2D eigenvalue weighted by Gasteiger charge is -2.37. The van der Waals surface area contributed by atoms with E-state index in [0.29, 0.717) is 11.7 Å². The molecule has 2 aromatic rings. The number of benzene rings is 1. The first-order valence-electron chi connectivity index (χ1n) is 8.70. The number of piperidine rings is 1. The molecule has 1 amide bonds. The second kappa shape index (κ2) is 6.28. The molecule has 4 nitrogen and oxygen atoms in total. The molecule has 23 heavy (non-hydrogen) atoms. The van der Waals surface area contributed by atoms with Crippen LogP contribution in [0.5, 0.6) is 0 Å². The Kier molecular flexibility index (Phi) is 4.00. The number of hydrogen-bond donors (Lipinski definition) is 0. The van der Waals surface area contributed by atoms with Crippen molar-refractivity contribution in [3.05, 3.63) is 42.2 Å². The molecule has 0 spiro atoms. The minimum Gasteiger partial charge on any atom is -0.336 e. The zero-order valence-electron chi connectivity index (χ0n) is 13.4. The summed E-state index contributed by atoms with van der Waals surface area (Å²) in [4.78, 5) is 22.0. The fraction of sp³-hybridized carbons (Fsp3) is 0.474. The van der Waals surface area contributed by atoms with Gasteiger partial charge in [-0.05, 0) is 50.2 Å². The zero-order chi connectivity index (χ0) is 15.6. The monoisotopic (exact) mass is 309 g/mol. The summed E-state index contributed by atoms with van der Waals surface area (Å²) in [6.45, 7) is 4.09. The van der Waals surface area contributed by atoms with E-state index in [2.05, 4.69) is 9.88 Å². The lowest BCUT2D eigenvalue weighted by molar-refractivity contribution is 0.0604. The summed E-state index contributed by atoms with van der Waals surface area (Å²) in [6, 6.07) is 10.5. The Labute approximate surface area is 137 Å². The Morgan fingerprint density at radius 1 is 1.04 bits per heavy atom. The Morgan fingerprint density at radius 2 is 1.87 bits per heavy atom. The van der Waals surface area contributed by atoms with Gasteiger partial charge in [0.2, 0.25) is 0 Å². The van der Waals surface area contributed by atoms with E-state index in [9.17, 15) is 4.79 Å². The molecule has 4 heteroatoms. The van der Waals surface area contributed by atoms with Crippen LogP contribution in [0.1, 0.15) is 36.2 Å². The molecule has 0 radical (unpaired) electrons. The van der Waals surface area contributed by atoms with Crippen LogP contribution in [0.4, 0.5) is 0 Å². The number of fused-ring (bicyclic) bond motifs is 1. The Hall–Kier alpha value is -1.94. The minimum absolute atomic E-state index is 0.0886. The summed E-state index contributed by atoms with van der Waals surface area (Å²) in [6.07, 6.45) is 6.66. The zero-order valence-corrected chi connectivity index (χ0v) is 13.4. The molecular weight excluding hydrogens is 286 g/mol. The van der Waals surface area contributed by atoms with Crippen LogP contribution in [0.2, 0.25) is 0 Å². The molecule has 2 saturated heterocycles.